The van der Waals surface area contributed by atoms with Crippen LogP contribution in [0.25, 0.3) is 0 Å². The van der Waals surface area contributed by atoms with E-state index in [-0.39, 0.29) is 23.4 Å². The number of hydrogen-bond donors (Lipinski definition) is 1. The minimum Gasteiger partial charge on any atom is -0.381 e. The summed E-state index contributed by atoms with van der Waals surface area (Å²) in [6, 6.07) is 6.30. The molecule has 0 aromatic heterocycles. The molecule has 3 aliphatic rings. The minimum absolute atomic E-state index is 0.0600. The molecule has 1 N–H and O–H groups in total. The molecule has 1 aromatic carbocycles. The fourth-order valence-corrected chi connectivity index (χ4v) is 6.42. The highest BCUT2D eigenvalue weighted by Crippen LogP contribution is 2.30. The monoisotopic (exact) mass is 486 g/mol. The Labute approximate surface area is 210 Å². The van der Waals surface area contributed by atoms with Crippen molar-refractivity contribution in [2.24, 2.45) is 17.8 Å². The van der Waals surface area contributed by atoms with Crippen LogP contribution in [-0.4, -0.2) is 55.5 Å². The number of likely N-dealkylation sites (tertiary alicyclic amines) is 1. The molecule has 0 unspecified atom stereocenters. The maximum atomic E-state index is 13.1. The first-order valence-electron chi connectivity index (χ1n) is 13.8. The molecule has 194 valence electrons. The Morgan fingerprint density at radius 3 is 2.37 bits per heavy atom. The van der Waals surface area contributed by atoms with Crippen LogP contribution in [0.5, 0.6) is 0 Å². The van der Waals surface area contributed by atoms with Crippen LogP contribution in [0.15, 0.2) is 24.3 Å². The number of benzene rings is 1. The first-order valence-corrected chi connectivity index (χ1v) is 13.8. The van der Waals surface area contributed by atoms with Crippen LogP contribution in [0.4, 0.5) is 4.39 Å². The molecule has 1 aromatic rings. The van der Waals surface area contributed by atoms with Crippen molar-refractivity contribution < 1.29 is 18.7 Å². The fraction of sp³-hybridized carbons (Fsp3) is 0.724. The summed E-state index contributed by atoms with van der Waals surface area (Å²) in [5.74, 6) is 1.36. The number of carbonyl (C=O) groups excluding carboxylic acids is 2. The van der Waals surface area contributed by atoms with Crippen molar-refractivity contribution in [2.75, 3.05) is 26.7 Å². The number of halogens is 1. The first kappa shape index (κ1) is 26.3. The van der Waals surface area contributed by atoms with Gasteiger partial charge in [-0.25, -0.2) is 4.39 Å². The molecule has 35 heavy (non-hydrogen) atoms. The van der Waals surface area contributed by atoms with E-state index in [1.54, 1.807) is 19.2 Å². The van der Waals surface area contributed by atoms with Gasteiger partial charge in [0.15, 0.2) is 5.78 Å². The summed E-state index contributed by atoms with van der Waals surface area (Å²) < 4.78 is 18.6. The number of hydrogen-bond acceptors (Lipinski definition) is 4. The summed E-state index contributed by atoms with van der Waals surface area (Å²) in [6.45, 7) is 3.03. The van der Waals surface area contributed by atoms with Crippen LogP contribution >= 0.6 is 0 Å². The summed E-state index contributed by atoms with van der Waals surface area (Å²) >= 11 is 0. The molecule has 3 fully saturated rings. The molecular formula is C29H43FN2O3. The molecule has 0 radical (unpaired) electrons. The fourth-order valence-electron chi connectivity index (χ4n) is 6.42. The van der Waals surface area contributed by atoms with E-state index >= 15 is 0 Å². The quantitative estimate of drug-likeness (QED) is 0.476. The van der Waals surface area contributed by atoms with Gasteiger partial charge in [-0.05, 0) is 120 Å². The molecule has 4 rings (SSSR count). The molecular weight excluding hydrogens is 443 g/mol. The SMILES string of the molecule is CO[C@H]1CCC[C@H](CC(=O)N[C@H]2CC[C@H](CCN3CCC(C(=O)c4ccc(F)cc4)CC3)CC2)C1. The number of ether oxygens (including phenoxy) is 1. The molecule has 2 atom stereocenters. The van der Waals surface area contributed by atoms with Gasteiger partial charge >= 0.3 is 0 Å². The second kappa shape index (κ2) is 13.0. The molecule has 6 heteroatoms. The third-order valence-corrected chi connectivity index (χ3v) is 8.69. The van der Waals surface area contributed by atoms with Crippen LogP contribution < -0.4 is 5.32 Å². The van der Waals surface area contributed by atoms with Crippen LogP contribution in [0.1, 0.15) is 87.4 Å². The highest BCUT2D eigenvalue weighted by atomic mass is 19.1. The van der Waals surface area contributed by atoms with Gasteiger partial charge in [-0.3, -0.25) is 9.59 Å². The number of amides is 1. The molecule has 2 saturated carbocycles. The van der Waals surface area contributed by atoms with Crippen molar-refractivity contribution in [3.63, 3.8) is 0 Å². The largest absolute Gasteiger partial charge is 0.381 e. The topological polar surface area (TPSA) is 58.6 Å². The number of carbonyl (C=O) groups is 2. The lowest BCUT2D eigenvalue weighted by atomic mass is 9.83. The zero-order valence-electron chi connectivity index (χ0n) is 21.4. The molecule has 2 aliphatic carbocycles. The van der Waals surface area contributed by atoms with Gasteiger partial charge in [-0.1, -0.05) is 6.42 Å². The minimum atomic E-state index is -0.298. The number of ketones is 1. The molecule has 1 heterocycles. The van der Waals surface area contributed by atoms with E-state index in [4.69, 9.17) is 4.74 Å². The third-order valence-electron chi connectivity index (χ3n) is 8.69. The van der Waals surface area contributed by atoms with E-state index in [2.05, 4.69) is 10.2 Å². The number of methoxy groups -OCH3 is 1. The van der Waals surface area contributed by atoms with Crippen molar-refractivity contribution in [2.45, 2.75) is 89.2 Å². The zero-order chi connectivity index (χ0) is 24.6. The van der Waals surface area contributed by atoms with E-state index < -0.39 is 0 Å². The Hall–Kier alpha value is -1.79. The molecule has 1 saturated heterocycles. The van der Waals surface area contributed by atoms with Crippen molar-refractivity contribution in [1.82, 2.24) is 10.2 Å². The number of nitrogens with zero attached hydrogens (tertiary/aromatic N) is 1. The van der Waals surface area contributed by atoms with E-state index in [9.17, 15) is 14.0 Å². The normalized spacial score (nSPS) is 28.5. The van der Waals surface area contributed by atoms with E-state index in [1.165, 1.54) is 37.8 Å². The summed E-state index contributed by atoms with van der Waals surface area (Å²) in [4.78, 5) is 27.8. The van der Waals surface area contributed by atoms with Crippen LogP contribution in [0.3, 0.4) is 0 Å². The predicted octanol–water partition coefficient (Wildman–Crippen LogP) is 5.38. The van der Waals surface area contributed by atoms with E-state index in [0.29, 0.717) is 30.0 Å². The van der Waals surface area contributed by atoms with Crippen LogP contribution in [-0.2, 0) is 9.53 Å². The maximum absolute atomic E-state index is 13.1. The highest BCUT2D eigenvalue weighted by molar-refractivity contribution is 5.97. The summed E-state index contributed by atoms with van der Waals surface area (Å²) in [5, 5.41) is 3.31. The van der Waals surface area contributed by atoms with E-state index in [1.807, 2.05) is 0 Å². The predicted molar refractivity (Wildman–Crippen MR) is 136 cm³/mol. The van der Waals surface area contributed by atoms with Gasteiger partial charge in [-0.15, -0.1) is 0 Å². The second-order valence-electron chi connectivity index (χ2n) is 11.2. The van der Waals surface area contributed by atoms with Gasteiger partial charge in [0.05, 0.1) is 6.10 Å². The van der Waals surface area contributed by atoms with Gasteiger partial charge in [0.25, 0.3) is 0 Å². The number of piperidine rings is 1. The van der Waals surface area contributed by atoms with Crippen LogP contribution in [0.2, 0.25) is 0 Å². The van der Waals surface area contributed by atoms with Crippen molar-refractivity contribution in [3.05, 3.63) is 35.6 Å². The number of rotatable bonds is 9. The van der Waals surface area contributed by atoms with Gasteiger partial charge in [0.2, 0.25) is 5.91 Å². The number of nitrogens with one attached hydrogen (secondary N) is 1. The third kappa shape index (κ3) is 7.85. The van der Waals surface area contributed by atoms with Gasteiger partial charge in [-0.2, -0.15) is 0 Å². The van der Waals surface area contributed by atoms with Crippen molar-refractivity contribution >= 4 is 11.7 Å². The Morgan fingerprint density at radius 1 is 0.971 bits per heavy atom. The molecule has 1 aliphatic heterocycles. The van der Waals surface area contributed by atoms with Gasteiger partial charge < -0.3 is 15.0 Å². The Bertz CT molecular complexity index is 814. The Morgan fingerprint density at radius 2 is 1.69 bits per heavy atom. The lowest BCUT2D eigenvalue weighted by Crippen LogP contribution is -2.40. The van der Waals surface area contributed by atoms with Crippen molar-refractivity contribution in [1.29, 1.82) is 0 Å². The lowest BCUT2D eigenvalue weighted by molar-refractivity contribution is -0.123. The summed E-state index contributed by atoms with van der Waals surface area (Å²) in [5.41, 5.74) is 0.631. The smallest absolute Gasteiger partial charge is 0.220 e. The first-order chi connectivity index (χ1) is 17.0. The number of Topliss-reactive ketones (excluding diaryl/α,β-unsaturated/α-hetero) is 1. The molecule has 1 amide bonds. The average molecular weight is 487 g/mol. The zero-order valence-corrected chi connectivity index (χ0v) is 21.4. The second-order valence-corrected chi connectivity index (χ2v) is 11.2. The van der Waals surface area contributed by atoms with Gasteiger partial charge in [0, 0.05) is 31.1 Å². The summed E-state index contributed by atoms with van der Waals surface area (Å²) in [6.07, 6.45) is 13.0. The maximum Gasteiger partial charge on any atom is 0.220 e. The standard InChI is InChI=1S/C29H43FN2O3/c1-35-27-4-2-3-22(19-27)20-28(33)31-26-11-5-21(6-12-26)13-16-32-17-14-24(15-18-32)29(34)23-7-9-25(30)10-8-23/h7-10,21-22,24,26-27H,2-6,11-20H2,1H3,(H,31,33)/t21-,22-,26-,27-/m0/s1. The van der Waals surface area contributed by atoms with E-state index in [0.717, 1.165) is 70.5 Å². The van der Waals surface area contributed by atoms with Crippen molar-refractivity contribution in [3.8, 4) is 0 Å². The average Bonchev–Trinajstić information content (AvgIpc) is 2.88. The Balaban J connectivity index is 1.09. The van der Waals surface area contributed by atoms with Gasteiger partial charge in [0.1, 0.15) is 5.82 Å². The highest BCUT2D eigenvalue weighted by Gasteiger charge is 2.28. The molecule has 0 bridgehead atoms. The molecule has 5 nitrogen and oxygen atoms in total. The lowest BCUT2D eigenvalue weighted by Gasteiger charge is -2.34. The molecule has 0 spiro atoms. The Kier molecular flexibility index (Phi) is 9.73. The van der Waals surface area contributed by atoms with Crippen LogP contribution in [0, 0.1) is 23.6 Å². The summed E-state index contributed by atoms with van der Waals surface area (Å²) in [7, 11) is 1.78.